The highest BCUT2D eigenvalue weighted by atomic mass is 31.1. The van der Waals surface area contributed by atoms with Gasteiger partial charge in [0.05, 0.1) is 12.3 Å². The van der Waals surface area contributed by atoms with Crippen LogP contribution in [0.5, 0.6) is 17.2 Å². The molecule has 0 N–H and O–H groups in total. The molecule has 1 aliphatic heterocycles. The van der Waals surface area contributed by atoms with Crippen LogP contribution >= 0.6 is 7.80 Å². The summed E-state index contributed by atoms with van der Waals surface area (Å²) in [5, 5.41) is 0.978. The van der Waals surface area contributed by atoms with Crippen LogP contribution < -0.4 is 19.5 Å². The monoisotopic (exact) mass is 279 g/mol. The van der Waals surface area contributed by atoms with Gasteiger partial charge in [-0.1, -0.05) is 0 Å². The number of ether oxygens (including phenoxy) is 3. The Morgan fingerprint density at radius 3 is 2.37 bits per heavy atom. The van der Waals surface area contributed by atoms with E-state index in [9.17, 15) is 0 Å². The van der Waals surface area contributed by atoms with Gasteiger partial charge in [0, 0.05) is 13.8 Å². The second-order valence-electron chi connectivity index (χ2n) is 6.24. The molecule has 1 heterocycles. The molecule has 2 rings (SSSR count). The van der Waals surface area contributed by atoms with Crippen LogP contribution in [0, 0.1) is 0 Å². The van der Waals surface area contributed by atoms with E-state index < -0.39 is 13.6 Å². The molecule has 0 saturated carbocycles. The predicted molar refractivity (Wildman–Crippen MR) is 81.8 cm³/mol. The Morgan fingerprint density at radius 1 is 1.21 bits per heavy atom. The van der Waals surface area contributed by atoms with Crippen LogP contribution in [-0.4, -0.2) is 25.6 Å². The summed E-state index contributed by atoms with van der Waals surface area (Å²) in [6.45, 7) is 10.2. The van der Waals surface area contributed by atoms with Crippen LogP contribution in [-0.2, 0) is 0 Å². The maximum Gasteiger partial charge on any atom is 0.369 e. The zero-order valence-electron chi connectivity index (χ0n) is 12.5. The van der Waals surface area contributed by atoms with Gasteiger partial charge in [0.1, 0.15) is 0 Å². The lowest BCUT2D eigenvalue weighted by Crippen LogP contribution is -2.31. The Kier molecular flexibility index (Phi) is 3.51. The van der Waals surface area contributed by atoms with E-state index in [2.05, 4.69) is 20.8 Å². The number of methoxy groups -OCH3 is 1. The van der Waals surface area contributed by atoms with Gasteiger partial charge in [-0.2, -0.15) is 0 Å². The molecule has 0 amide bonds. The van der Waals surface area contributed by atoms with Crippen molar-refractivity contribution in [1.82, 2.24) is 0 Å². The van der Waals surface area contributed by atoms with E-state index in [-0.39, 0.29) is 5.16 Å². The summed E-state index contributed by atoms with van der Waals surface area (Å²) in [7, 11) is 6.82. The molecule has 0 aliphatic carbocycles. The fraction of sp³-hybridized carbons (Fsp3) is 0.571. The SMILES string of the molecule is [B][PH+](c1c(OC)ccc2c1OC(C)(C)O2)C(C)(C)C. The van der Waals surface area contributed by atoms with Crippen LogP contribution in [0.3, 0.4) is 0 Å². The molecule has 102 valence electrons. The van der Waals surface area contributed by atoms with Crippen LogP contribution in [0.15, 0.2) is 12.1 Å². The molecular formula is C14H21BO3P+. The zero-order chi connectivity index (χ0) is 14.4. The molecule has 1 aromatic carbocycles. The highest BCUT2D eigenvalue weighted by molar-refractivity contribution is 7.89. The summed E-state index contributed by atoms with van der Waals surface area (Å²) in [5.74, 6) is 1.63. The Morgan fingerprint density at radius 2 is 1.84 bits per heavy atom. The molecular weight excluding hydrogens is 258 g/mol. The van der Waals surface area contributed by atoms with E-state index in [1.165, 1.54) is 0 Å². The summed E-state index contributed by atoms with van der Waals surface area (Å²) in [6.07, 6.45) is 0. The molecule has 1 aromatic rings. The Balaban J connectivity index is 2.57. The van der Waals surface area contributed by atoms with Gasteiger partial charge in [-0.25, -0.2) is 0 Å². The number of hydrogen-bond donors (Lipinski definition) is 0. The molecule has 19 heavy (non-hydrogen) atoms. The summed E-state index contributed by atoms with van der Waals surface area (Å²) < 4.78 is 17.2. The highest BCUT2D eigenvalue weighted by Crippen LogP contribution is 2.52. The van der Waals surface area contributed by atoms with Crippen molar-refractivity contribution in [3.63, 3.8) is 0 Å². The zero-order valence-corrected chi connectivity index (χ0v) is 13.5. The van der Waals surface area contributed by atoms with Crippen LogP contribution in [0.1, 0.15) is 34.6 Å². The number of benzene rings is 1. The van der Waals surface area contributed by atoms with E-state index >= 15 is 0 Å². The molecule has 0 bridgehead atoms. The minimum atomic E-state index is -1.33. The molecule has 0 aromatic heterocycles. The smallest absolute Gasteiger partial charge is 0.369 e. The molecule has 0 fully saturated rings. The van der Waals surface area contributed by atoms with Crippen LogP contribution in [0.4, 0.5) is 0 Å². The maximum absolute atomic E-state index is 6.50. The summed E-state index contributed by atoms with van der Waals surface area (Å²) in [4.78, 5) is 0. The first-order chi connectivity index (χ1) is 8.65. The summed E-state index contributed by atoms with van der Waals surface area (Å²) >= 11 is 0. The lowest BCUT2D eigenvalue weighted by Gasteiger charge is -2.23. The third-order valence-electron chi connectivity index (χ3n) is 3.08. The number of fused-ring (bicyclic) bond motifs is 1. The third kappa shape index (κ3) is 2.69. The average molecular weight is 279 g/mol. The number of hydrogen-bond acceptors (Lipinski definition) is 3. The second-order valence-corrected chi connectivity index (χ2v) is 9.07. The summed E-state index contributed by atoms with van der Waals surface area (Å²) in [6, 6.07) is 3.78. The average Bonchev–Trinajstić information content (AvgIpc) is 2.59. The Labute approximate surface area is 117 Å². The van der Waals surface area contributed by atoms with Crippen molar-refractivity contribution in [3.8, 4) is 17.2 Å². The lowest BCUT2D eigenvalue weighted by molar-refractivity contribution is -0.0427. The van der Waals surface area contributed by atoms with Crippen molar-refractivity contribution in [1.29, 1.82) is 0 Å². The Bertz CT molecular complexity index is 494. The normalized spacial score (nSPS) is 18.2. The van der Waals surface area contributed by atoms with Gasteiger partial charge in [0.25, 0.3) is 0 Å². The van der Waals surface area contributed by atoms with Crippen molar-refractivity contribution >= 4 is 20.7 Å². The molecule has 0 saturated heterocycles. The Hall–Kier alpha value is -0.885. The van der Waals surface area contributed by atoms with Gasteiger partial charge < -0.3 is 14.2 Å². The topological polar surface area (TPSA) is 27.7 Å². The molecule has 1 unspecified atom stereocenters. The fourth-order valence-electron chi connectivity index (χ4n) is 2.06. The first-order valence-electron chi connectivity index (χ1n) is 6.38. The molecule has 3 nitrogen and oxygen atoms in total. The van der Waals surface area contributed by atoms with Gasteiger partial charge in [0.15, 0.2) is 16.8 Å². The van der Waals surface area contributed by atoms with Crippen LogP contribution in [0.2, 0.25) is 0 Å². The molecule has 2 radical (unpaired) electrons. The minimum absolute atomic E-state index is 0.00314. The molecule has 1 aliphatic rings. The maximum atomic E-state index is 6.50. The van der Waals surface area contributed by atoms with Crippen molar-refractivity contribution < 1.29 is 14.2 Å². The standard InChI is InChI=1S/C14H21BO3P/c1-13(2,3)19(15)12-10(16-6)8-7-9-11(12)18-14(4,5)17-9/h7-8,19H,1-6H3/q+1. The molecule has 0 spiro atoms. The summed E-state index contributed by atoms with van der Waals surface area (Å²) in [5.41, 5.74) is 0. The van der Waals surface area contributed by atoms with E-state index in [0.717, 1.165) is 22.6 Å². The van der Waals surface area contributed by atoms with Crippen molar-refractivity contribution in [3.05, 3.63) is 12.1 Å². The lowest BCUT2D eigenvalue weighted by atomic mass is 10.2. The van der Waals surface area contributed by atoms with E-state index in [1.54, 1.807) is 7.11 Å². The second kappa shape index (κ2) is 4.59. The van der Waals surface area contributed by atoms with Gasteiger partial charge in [-0.3, -0.25) is 0 Å². The predicted octanol–water partition coefficient (Wildman–Crippen LogP) is 2.92. The van der Waals surface area contributed by atoms with Crippen molar-refractivity contribution in [2.45, 2.75) is 45.6 Å². The first-order valence-corrected chi connectivity index (χ1v) is 7.96. The van der Waals surface area contributed by atoms with Gasteiger partial charge in [-0.05, 0) is 40.7 Å². The first kappa shape index (κ1) is 14.5. The largest absolute Gasteiger partial charge is 0.493 e. The van der Waals surface area contributed by atoms with E-state index in [0.29, 0.717) is 0 Å². The van der Waals surface area contributed by atoms with Crippen molar-refractivity contribution in [2.24, 2.45) is 0 Å². The minimum Gasteiger partial charge on any atom is -0.493 e. The van der Waals surface area contributed by atoms with E-state index in [4.69, 9.17) is 21.8 Å². The fourth-order valence-corrected chi connectivity index (χ4v) is 3.68. The molecule has 1 atom stereocenters. The van der Waals surface area contributed by atoms with Crippen LogP contribution in [0.25, 0.3) is 0 Å². The quantitative estimate of drug-likeness (QED) is 0.615. The van der Waals surface area contributed by atoms with Gasteiger partial charge in [-0.15, -0.1) is 0 Å². The van der Waals surface area contributed by atoms with Gasteiger partial charge in [0.2, 0.25) is 11.5 Å². The van der Waals surface area contributed by atoms with E-state index in [1.807, 2.05) is 26.0 Å². The highest BCUT2D eigenvalue weighted by Gasteiger charge is 2.42. The molecule has 5 heteroatoms. The van der Waals surface area contributed by atoms with Crippen molar-refractivity contribution in [2.75, 3.05) is 7.11 Å². The third-order valence-corrected chi connectivity index (χ3v) is 5.71. The number of rotatable bonds is 2. The van der Waals surface area contributed by atoms with Gasteiger partial charge >= 0.3 is 7.57 Å².